The molecule has 3 rings (SSSR count). The molecule has 0 aliphatic heterocycles. The second-order valence-corrected chi connectivity index (χ2v) is 7.49. The van der Waals surface area contributed by atoms with Crippen molar-refractivity contribution < 1.29 is 0 Å². The van der Waals surface area contributed by atoms with E-state index < -0.39 is 0 Å². The molecule has 1 aliphatic carbocycles. The fraction of sp³-hybridized carbons (Fsp3) is 0.364. The molecule has 0 amide bonds. The summed E-state index contributed by atoms with van der Waals surface area (Å²) in [4.78, 5) is 0. The fourth-order valence-electron chi connectivity index (χ4n) is 3.43. The first-order valence-electron chi connectivity index (χ1n) is 9.40. The normalized spacial score (nSPS) is 15.5. The molecule has 3 nitrogen and oxygen atoms in total. The van der Waals surface area contributed by atoms with Crippen molar-refractivity contribution in [3.05, 3.63) is 65.2 Å². The van der Waals surface area contributed by atoms with Crippen LogP contribution in [0, 0.1) is 6.92 Å². The maximum Gasteiger partial charge on any atom is 0.191 e. The predicted octanol–water partition coefficient (Wildman–Crippen LogP) is 5.75. The summed E-state index contributed by atoms with van der Waals surface area (Å²) >= 11 is 5.31. The van der Waals surface area contributed by atoms with Crippen LogP contribution in [0.5, 0.6) is 0 Å². The van der Waals surface area contributed by atoms with Crippen molar-refractivity contribution >= 4 is 28.7 Å². The summed E-state index contributed by atoms with van der Waals surface area (Å²) in [6.45, 7) is 4.06. The number of hydrogen-bond acceptors (Lipinski definition) is 2. The maximum atomic E-state index is 5.31. The van der Waals surface area contributed by atoms with Gasteiger partial charge in [-0.05, 0) is 68.1 Å². The number of rotatable bonds is 4. The minimum absolute atomic E-state index is 0.493. The van der Waals surface area contributed by atoms with E-state index in [2.05, 4.69) is 47.0 Å². The smallest absolute Gasteiger partial charge is 0.191 e. The van der Waals surface area contributed by atoms with Crippen molar-refractivity contribution in [2.75, 3.05) is 5.32 Å². The van der Waals surface area contributed by atoms with Crippen LogP contribution in [0.1, 0.15) is 61.6 Å². The first-order valence-corrected chi connectivity index (χ1v) is 9.81. The van der Waals surface area contributed by atoms with E-state index in [1.165, 1.54) is 43.2 Å². The highest BCUT2D eigenvalue weighted by molar-refractivity contribution is 7.80. The Labute approximate surface area is 161 Å². The van der Waals surface area contributed by atoms with Gasteiger partial charge in [-0.1, -0.05) is 61.2 Å². The lowest BCUT2D eigenvalue weighted by atomic mass is 9.84. The molecular formula is C22H27N3S. The molecule has 0 atom stereocenters. The van der Waals surface area contributed by atoms with Crippen LogP contribution in [0.3, 0.4) is 0 Å². The number of hydrazone groups is 1. The molecule has 26 heavy (non-hydrogen) atoms. The highest BCUT2D eigenvalue weighted by Gasteiger charge is 2.15. The van der Waals surface area contributed by atoms with E-state index in [-0.39, 0.29) is 0 Å². The van der Waals surface area contributed by atoms with Crippen LogP contribution in [0.15, 0.2) is 53.6 Å². The zero-order valence-electron chi connectivity index (χ0n) is 15.6. The van der Waals surface area contributed by atoms with Crippen molar-refractivity contribution in [2.24, 2.45) is 5.10 Å². The van der Waals surface area contributed by atoms with E-state index in [1.54, 1.807) is 0 Å². The number of hydrogen-bond donors (Lipinski definition) is 2. The number of benzene rings is 2. The van der Waals surface area contributed by atoms with Gasteiger partial charge in [0.15, 0.2) is 5.11 Å². The largest absolute Gasteiger partial charge is 0.331 e. The summed E-state index contributed by atoms with van der Waals surface area (Å²) in [5.74, 6) is 0.736. The van der Waals surface area contributed by atoms with Crippen LogP contribution < -0.4 is 10.7 Å². The molecule has 4 heteroatoms. The Kier molecular flexibility index (Phi) is 6.40. The molecule has 0 saturated heterocycles. The molecule has 2 aromatic rings. The maximum absolute atomic E-state index is 5.31. The molecule has 1 fully saturated rings. The minimum atomic E-state index is 0.493. The summed E-state index contributed by atoms with van der Waals surface area (Å²) in [7, 11) is 0. The SMILES string of the molecule is C/C(=N/NC(=S)Nc1ccc(C)cc1)c1ccc(C2CCCCC2)cc1. The van der Waals surface area contributed by atoms with E-state index in [9.17, 15) is 0 Å². The monoisotopic (exact) mass is 365 g/mol. The fourth-order valence-corrected chi connectivity index (χ4v) is 3.59. The lowest BCUT2D eigenvalue weighted by Crippen LogP contribution is -2.24. The van der Waals surface area contributed by atoms with Crippen LogP contribution >= 0.6 is 12.2 Å². The van der Waals surface area contributed by atoms with Crippen LogP contribution in [0.25, 0.3) is 0 Å². The predicted molar refractivity (Wildman–Crippen MR) is 115 cm³/mol. The number of aryl methyl sites for hydroxylation is 1. The van der Waals surface area contributed by atoms with Gasteiger partial charge in [-0.25, -0.2) is 0 Å². The number of thiocarbonyl (C=S) groups is 1. The summed E-state index contributed by atoms with van der Waals surface area (Å²) in [5, 5.41) is 8.05. The Hall–Kier alpha value is -2.20. The second kappa shape index (κ2) is 8.95. The van der Waals surface area contributed by atoms with Crippen LogP contribution in [0.2, 0.25) is 0 Å². The van der Waals surface area contributed by atoms with Gasteiger partial charge in [0, 0.05) is 5.69 Å². The molecule has 1 aliphatic rings. The quantitative estimate of drug-likeness (QED) is 0.411. The molecular weight excluding hydrogens is 338 g/mol. The van der Waals surface area contributed by atoms with Crippen LogP contribution in [-0.4, -0.2) is 10.8 Å². The van der Waals surface area contributed by atoms with Gasteiger partial charge in [0.2, 0.25) is 0 Å². The molecule has 0 radical (unpaired) electrons. The average Bonchev–Trinajstić information content (AvgIpc) is 2.69. The molecule has 0 bridgehead atoms. The zero-order valence-corrected chi connectivity index (χ0v) is 16.4. The van der Waals surface area contributed by atoms with Gasteiger partial charge in [-0.15, -0.1) is 0 Å². The third kappa shape index (κ3) is 5.15. The lowest BCUT2D eigenvalue weighted by molar-refractivity contribution is 0.443. The topological polar surface area (TPSA) is 36.4 Å². The average molecular weight is 366 g/mol. The Morgan fingerprint density at radius 3 is 2.27 bits per heavy atom. The Bertz CT molecular complexity index is 757. The van der Waals surface area contributed by atoms with E-state index in [0.29, 0.717) is 5.11 Å². The molecule has 0 aromatic heterocycles. The van der Waals surface area contributed by atoms with Gasteiger partial charge < -0.3 is 5.32 Å². The van der Waals surface area contributed by atoms with Gasteiger partial charge in [0.05, 0.1) is 5.71 Å². The van der Waals surface area contributed by atoms with E-state index in [0.717, 1.165) is 22.9 Å². The highest BCUT2D eigenvalue weighted by atomic mass is 32.1. The summed E-state index contributed by atoms with van der Waals surface area (Å²) in [5.41, 5.74) is 8.62. The highest BCUT2D eigenvalue weighted by Crippen LogP contribution is 2.32. The van der Waals surface area contributed by atoms with Crippen molar-refractivity contribution in [1.29, 1.82) is 0 Å². The molecule has 0 heterocycles. The number of anilines is 1. The van der Waals surface area contributed by atoms with Crippen LogP contribution in [0.4, 0.5) is 5.69 Å². The van der Waals surface area contributed by atoms with Gasteiger partial charge in [0.25, 0.3) is 0 Å². The molecule has 136 valence electrons. The van der Waals surface area contributed by atoms with Crippen molar-refractivity contribution in [3.63, 3.8) is 0 Å². The number of nitrogens with one attached hydrogen (secondary N) is 2. The minimum Gasteiger partial charge on any atom is -0.331 e. The van der Waals surface area contributed by atoms with Crippen LogP contribution in [-0.2, 0) is 0 Å². The zero-order chi connectivity index (χ0) is 18.4. The van der Waals surface area contributed by atoms with Gasteiger partial charge >= 0.3 is 0 Å². The Morgan fingerprint density at radius 1 is 0.962 bits per heavy atom. The third-order valence-corrected chi connectivity index (χ3v) is 5.23. The van der Waals surface area contributed by atoms with Gasteiger partial charge in [-0.2, -0.15) is 5.10 Å². The van der Waals surface area contributed by atoms with Gasteiger partial charge in [-0.3, -0.25) is 5.43 Å². The molecule has 0 spiro atoms. The summed E-state index contributed by atoms with van der Waals surface area (Å²) < 4.78 is 0. The first-order chi connectivity index (χ1) is 12.6. The second-order valence-electron chi connectivity index (χ2n) is 7.09. The third-order valence-electron chi connectivity index (χ3n) is 5.04. The summed E-state index contributed by atoms with van der Waals surface area (Å²) in [6.07, 6.45) is 6.77. The first kappa shape index (κ1) is 18.6. The Balaban J connectivity index is 1.56. The molecule has 0 unspecified atom stereocenters. The van der Waals surface area contributed by atoms with E-state index in [1.807, 2.05) is 31.2 Å². The van der Waals surface area contributed by atoms with E-state index in [4.69, 9.17) is 12.2 Å². The Morgan fingerprint density at radius 2 is 1.62 bits per heavy atom. The van der Waals surface area contributed by atoms with Crippen molar-refractivity contribution in [1.82, 2.24) is 5.43 Å². The van der Waals surface area contributed by atoms with Gasteiger partial charge in [0.1, 0.15) is 0 Å². The molecule has 2 N–H and O–H groups in total. The molecule has 2 aromatic carbocycles. The van der Waals surface area contributed by atoms with E-state index >= 15 is 0 Å². The standard InChI is InChI=1S/C22H27N3S/c1-16-8-14-21(15-9-16)23-22(26)25-24-17(2)18-10-12-20(13-11-18)19-6-4-3-5-7-19/h8-15,19H,3-7H2,1-2H3,(H2,23,25,26)/b24-17-. The summed E-state index contributed by atoms with van der Waals surface area (Å²) in [6, 6.07) is 17.0. The number of nitrogens with zero attached hydrogens (tertiary/aromatic N) is 1. The lowest BCUT2D eigenvalue weighted by Gasteiger charge is -2.22. The van der Waals surface area contributed by atoms with Crippen molar-refractivity contribution in [2.45, 2.75) is 51.9 Å². The molecule has 1 saturated carbocycles. The van der Waals surface area contributed by atoms with Crippen molar-refractivity contribution in [3.8, 4) is 0 Å².